The highest BCUT2D eigenvalue weighted by Gasteiger charge is 2.21. The quantitative estimate of drug-likeness (QED) is 0.173. The van der Waals surface area contributed by atoms with Crippen LogP contribution in [0.2, 0.25) is 0 Å². The maximum atomic E-state index is 6.64. The van der Waals surface area contributed by atoms with E-state index in [2.05, 4.69) is 170 Å². The van der Waals surface area contributed by atoms with Gasteiger partial charge < -0.3 is 4.42 Å². The lowest BCUT2D eigenvalue weighted by molar-refractivity contribution is 0.673. The molecule has 0 atom stereocenters. The van der Waals surface area contributed by atoms with Crippen LogP contribution in [0.3, 0.4) is 0 Å². The van der Waals surface area contributed by atoms with Crippen LogP contribution in [0.5, 0.6) is 0 Å². The Labute approximate surface area is 292 Å². The molecular formula is C48H28OS. The van der Waals surface area contributed by atoms with E-state index < -0.39 is 0 Å². The summed E-state index contributed by atoms with van der Waals surface area (Å²) in [6, 6.07) is 61.9. The van der Waals surface area contributed by atoms with Gasteiger partial charge in [-0.3, -0.25) is 0 Å². The molecule has 0 fully saturated rings. The second-order valence-corrected chi connectivity index (χ2v) is 14.2. The molecule has 11 aromatic rings. The Kier molecular flexibility index (Phi) is 5.89. The third-order valence-electron chi connectivity index (χ3n) is 10.4. The van der Waals surface area contributed by atoms with Crippen LogP contribution in [0.25, 0.3) is 108 Å². The zero-order valence-electron chi connectivity index (χ0n) is 27.0. The Morgan fingerprint density at radius 2 is 0.900 bits per heavy atom. The van der Waals surface area contributed by atoms with E-state index in [0.717, 1.165) is 21.9 Å². The number of rotatable bonds is 3. The molecule has 0 aliphatic heterocycles. The number of fused-ring (bicyclic) bond motifs is 10. The van der Waals surface area contributed by atoms with Crippen molar-refractivity contribution >= 4 is 85.8 Å². The highest BCUT2D eigenvalue weighted by Crippen LogP contribution is 2.48. The summed E-state index contributed by atoms with van der Waals surface area (Å²) in [6.45, 7) is 0. The Bertz CT molecular complexity index is 3070. The van der Waals surface area contributed by atoms with E-state index in [4.69, 9.17) is 4.42 Å². The summed E-state index contributed by atoms with van der Waals surface area (Å²) in [4.78, 5) is 0. The lowest BCUT2D eigenvalue weighted by Crippen LogP contribution is -1.90. The van der Waals surface area contributed by atoms with Gasteiger partial charge in [-0.2, -0.15) is 0 Å². The van der Waals surface area contributed by atoms with Crippen molar-refractivity contribution < 1.29 is 4.42 Å². The van der Waals surface area contributed by atoms with E-state index in [0.29, 0.717) is 0 Å². The average molecular weight is 653 g/mol. The maximum absolute atomic E-state index is 6.64. The highest BCUT2D eigenvalue weighted by atomic mass is 32.1. The summed E-state index contributed by atoms with van der Waals surface area (Å²) in [5, 5.41) is 12.4. The van der Waals surface area contributed by atoms with Crippen molar-refractivity contribution in [2.75, 3.05) is 0 Å². The van der Waals surface area contributed by atoms with Gasteiger partial charge in [0, 0.05) is 36.5 Å². The highest BCUT2D eigenvalue weighted by molar-refractivity contribution is 7.26. The molecule has 0 aliphatic rings. The topological polar surface area (TPSA) is 13.1 Å². The first-order valence-corrected chi connectivity index (χ1v) is 17.9. The zero-order valence-corrected chi connectivity index (χ0v) is 27.8. The Morgan fingerprint density at radius 1 is 0.380 bits per heavy atom. The standard InChI is InChI=1S/C48H28OS/c1-2-12-30(13-3-1)44-35-17-6-8-19-37(35)45(38-20-9-7-18-36(38)44)31-24-22-29(23-25-31)39-28-40-34-16-10-11-21-42(34)49-47(40)46-41-26-32-14-4-5-15-33(32)27-43(41)50-48(39)46/h1-28H. The van der Waals surface area contributed by atoms with E-state index >= 15 is 0 Å². The van der Waals surface area contributed by atoms with E-state index in [-0.39, 0.29) is 0 Å². The van der Waals surface area contributed by atoms with E-state index in [1.807, 2.05) is 11.3 Å². The minimum Gasteiger partial charge on any atom is -0.455 e. The van der Waals surface area contributed by atoms with Crippen molar-refractivity contribution in [3.63, 3.8) is 0 Å². The summed E-state index contributed by atoms with van der Waals surface area (Å²) in [6.07, 6.45) is 0. The molecule has 2 heteroatoms. The van der Waals surface area contributed by atoms with E-state index in [9.17, 15) is 0 Å². The number of hydrogen-bond donors (Lipinski definition) is 0. The molecule has 0 unspecified atom stereocenters. The Hall–Kier alpha value is -6.22. The molecule has 11 rings (SSSR count). The van der Waals surface area contributed by atoms with Crippen LogP contribution < -0.4 is 0 Å². The fourth-order valence-corrected chi connectivity index (χ4v) is 9.46. The molecule has 0 bridgehead atoms. The minimum atomic E-state index is 0.925. The number of furan rings is 1. The van der Waals surface area contributed by atoms with Gasteiger partial charge >= 0.3 is 0 Å². The molecule has 1 nitrogen and oxygen atoms in total. The van der Waals surface area contributed by atoms with Gasteiger partial charge in [0.2, 0.25) is 0 Å². The molecule has 0 radical (unpaired) electrons. The van der Waals surface area contributed by atoms with Crippen LogP contribution in [0.1, 0.15) is 0 Å². The molecule has 0 N–H and O–H groups in total. The zero-order chi connectivity index (χ0) is 32.8. The smallest absolute Gasteiger partial charge is 0.144 e. The molecule has 232 valence electrons. The van der Waals surface area contributed by atoms with E-state index in [1.165, 1.54) is 85.9 Å². The lowest BCUT2D eigenvalue weighted by Gasteiger charge is -2.18. The predicted molar refractivity (Wildman–Crippen MR) is 215 cm³/mol. The van der Waals surface area contributed by atoms with Crippen molar-refractivity contribution in [1.82, 2.24) is 0 Å². The first kappa shape index (κ1) is 27.7. The average Bonchev–Trinajstić information content (AvgIpc) is 3.74. The van der Waals surface area contributed by atoms with Crippen molar-refractivity contribution in [3.8, 4) is 33.4 Å². The number of hydrogen-bond acceptors (Lipinski definition) is 2. The summed E-state index contributed by atoms with van der Waals surface area (Å²) < 4.78 is 9.18. The normalized spacial score (nSPS) is 12.0. The predicted octanol–water partition coefficient (Wildman–Crippen LogP) is 14.4. The molecule has 2 heterocycles. The second-order valence-electron chi connectivity index (χ2n) is 13.2. The molecule has 0 aliphatic carbocycles. The maximum Gasteiger partial charge on any atom is 0.144 e. The Balaban J connectivity index is 1.17. The van der Waals surface area contributed by atoms with Gasteiger partial charge in [-0.05, 0) is 84.4 Å². The number of benzene rings is 9. The van der Waals surface area contributed by atoms with Crippen LogP contribution in [0.15, 0.2) is 174 Å². The molecule has 50 heavy (non-hydrogen) atoms. The van der Waals surface area contributed by atoms with Gasteiger partial charge in [-0.1, -0.05) is 146 Å². The third kappa shape index (κ3) is 4.00. The summed E-state index contributed by atoms with van der Waals surface area (Å²) in [5.41, 5.74) is 9.36. The molecule has 2 aromatic heterocycles. The number of thiophene rings is 1. The first-order chi connectivity index (χ1) is 24.8. The number of para-hydroxylation sites is 1. The van der Waals surface area contributed by atoms with Gasteiger partial charge in [0.15, 0.2) is 0 Å². The van der Waals surface area contributed by atoms with Crippen LogP contribution in [-0.2, 0) is 0 Å². The molecule has 0 spiro atoms. The van der Waals surface area contributed by atoms with Crippen molar-refractivity contribution in [1.29, 1.82) is 0 Å². The van der Waals surface area contributed by atoms with Gasteiger partial charge in [0.25, 0.3) is 0 Å². The fraction of sp³-hybridized carbons (Fsp3) is 0. The fourth-order valence-electron chi connectivity index (χ4n) is 8.19. The molecular weight excluding hydrogens is 625 g/mol. The molecule has 0 saturated heterocycles. The van der Waals surface area contributed by atoms with Crippen LogP contribution in [0.4, 0.5) is 0 Å². The lowest BCUT2D eigenvalue weighted by atomic mass is 9.85. The van der Waals surface area contributed by atoms with Crippen molar-refractivity contribution in [2.45, 2.75) is 0 Å². The van der Waals surface area contributed by atoms with Crippen molar-refractivity contribution in [3.05, 3.63) is 170 Å². The summed E-state index contributed by atoms with van der Waals surface area (Å²) >= 11 is 1.87. The first-order valence-electron chi connectivity index (χ1n) is 17.1. The van der Waals surface area contributed by atoms with Gasteiger partial charge in [0.1, 0.15) is 11.2 Å². The molecule has 0 amide bonds. The summed E-state index contributed by atoms with van der Waals surface area (Å²) in [5.74, 6) is 0. The van der Waals surface area contributed by atoms with E-state index in [1.54, 1.807) is 0 Å². The van der Waals surface area contributed by atoms with Gasteiger partial charge in [0.05, 0.1) is 0 Å². The monoisotopic (exact) mass is 652 g/mol. The largest absolute Gasteiger partial charge is 0.455 e. The SMILES string of the molecule is c1ccc(-c2c3ccccc3c(-c3ccc(-c4cc5c6ccccc6oc5c5c4sc4cc6ccccc6cc45)cc3)c3ccccc23)cc1. The van der Waals surface area contributed by atoms with Gasteiger partial charge in [-0.25, -0.2) is 0 Å². The third-order valence-corrected chi connectivity index (χ3v) is 11.6. The Morgan fingerprint density at radius 3 is 1.56 bits per heavy atom. The van der Waals surface area contributed by atoms with Gasteiger partial charge in [-0.15, -0.1) is 11.3 Å². The van der Waals surface area contributed by atoms with Crippen LogP contribution >= 0.6 is 11.3 Å². The van der Waals surface area contributed by atoms with Crippen LogP contribution in [0, 0.1) is 0 Å². The minimum absolute atomic E-state index is 0.925. The summed E-state index contributed by atoms with van der Waals surface area (Å²) in [7, 11) is 0. The van der Waals surface area contributed by atoms with Crippen LogP contribution in [-0.4, -0.2) is 0 Å². The second kappa shape index (κ2) is 10.6. The molecule has 9 aromatic carbocycles. The van der Waals surface area contributed by atoms with Crippen molar-refractivity contribution in [2.24, 2.45) is 0 Å². The molecule has 0 saturated carbocycles.